The van der Waals surface area contributed by atoms with Crippen LogP contribution < -0.4 is 5.43 Å². The largest absolute Gasteiger partial charge is 0.611 e. The van der Waals surface area contributed by atoms with Gasteiger partial charge in [-0.15, -0.1) is 0 Å². The molecule has 0 fully saturated rings. The van der Waals surface area contributed by atoms with Crippen LogP contribution in [0.15, 0.2) is 44.4 Å². The molecule has 30 heavy (non-hydrogen) atoms. The fourth-order valence-electron chi connectivity index (χ4n) is 3.71. The van der Waals surface area contributed by atoms with E-state index in [9.17, 15) is 19.2 Å². The Hall–Kier alpha value is -2.31. The van der Waals surface area contributed by atoms with Crippen LogP contribution in [0.3, 0.4) is 0 Å². The van der Waals surface area contributed by atoms with Crippen LogP contribution in [0, 0.1) is 0 Å². The molecule has 0 saturated carbocycles. The second-order valence-electron chi connectivity index (χ2n) is 7.56. The van der Waals surface area contributed by atoms with Crippen molar-refractivity contribution in [3.05, 3.63) is 51.7 Å². The molecule has 0 aliphatic rings. The molecule has 160 valence electrons. The quantitative estimate of drug-likeness (QED) is 0.255. The van der Waals surface area contributed by atoms with Crippen molar-refractivity contribution in [3.8, 4) is 0 Å². The van der Waals surface area contributed by atoms with Gasteiger partial charge in [0.25, 0.3) is 0 Å². The zero-order chi connectivity index (χ0) is 21.7. The van der Waals surface area contributed by atoms with Crippen LogP contribution in [-0.2, 0) is 17.6 Å². The van der Waals surface area contributed by atoms with Gasteiger partial charge in [-0.25, -0.2) is 4.79 Å². The minimum Gasteiger partial charge on any atom is -0.611 e. The van der Waals surface area contributed by atoms with E-state index in [0.29, 0.717) is 27.2 Å². The monoisotopic (exact) mass is 428 g/mol. The predicted octanol–water partition coefficient (Wildman–Crippen LogP) is 5.67. The maximum atomic E-state index is 13.2. The molecule has 1 unspecified atom stereocenters. The molecule has 3 rings (SSSR count). The summed E-state index contributed by atoms with van der Waals surface area (Å²) < 4.78 is 18.5. The first kappa shape index (κ1) is 22.4. The standard InChI is InChI=1S/C24H28O5S/c1-3-5-6-7-8-9-10-16-13-18(30(28)4-2)15-20-22(25)19-14-17(24(26)27)11-12-21(19)29-23(16)20/h11-15H,3-10H2,1-2H3,(H,26,27). The number of fused-ring (bicyclic) bond motifs is 2. The number of carboxylic acid groups (broad SMARTS) is 1. The maximum Gasteiger partial charge on any atom is 0.335 e. The van der Waals surface area contributed by atoms with Crippen molar-refractivity contribution >= 4 is 39.1 Å². The number of benzene rings is 2. The van der Waals surface area contributed by atoms with Crippen LogP contribution in [-0.4, -0.2) is 21.4 Å². The molecule has 0 spiro atoms. The van der Waals surface area contributed by atoms with E-state index in [1.807, 2.05) is 13.0 Å². The summed E-state index contributed by atoms with van der Waals surface area (Å²) in [5.41, 5.74) is 1.52. The number of aryl methyl sites for hydroxylation is 1. The van der Waals surface area contributed by atoms with Gasteiger partial charge in [0.15, 0.2) is 4.90 Å². The zero-order valence-corrected chi connectivity index (χ0v) is 18.3. The second kappa shape index (κ2) is 10.1. The third-order valence-corrected chi connectivity index (χ3v) is 6.68. The number of hydrogen-bond acceptors (Lipinski definition) is 4. The Labute approximate surface area is 179 Å². The maximum absolute atomic E-state index is 13.2. The van der Waals surface area contributed by atoms with Gasteiger partial charge in [0.05, 0.1) is 16.3 Å². The Morgan fingerprint density at radius 3 is 2.47 bits per heavy atom. The highest BCUT2D eigenvalue weighted by atomic mass is 32.2. The minimum atomic E-state index is -1.20. The molecular formula is C24H28O5S. The summed E-state index contributed by atoms with van der Waals surface area (Å²) in [6, 6.07) is 7.85. The first-order chi connectivity index (χ1) is 14.5. The van der Waals surface area contributed by atoms with Crippen molar-refractivity contribution in [1.82, 2.24) is 0 Å². The topological polar surface area (TPSA) is 90.6 Å². The van der Waals surface area contributed by atoms with Crippen molar-refractivity contribution in [3.63, 3.8) is 0 Å². The molecule has 0 aliphatic heterocycles. The van der Waals surface area contributed by atoms with Gasteiger partial charge in [0, 0.05) is 17.7 Å². The minimum absolute atomic E-state index is 0.0368. The van der Waals surface area contributed by atoms with Crippen molar-refractivity contribution < 1.29 is 18.9 Å². The van der Waals surface area contributed by atoms with E-state index in [-0.39, 0.29) is 16.4 Å². The Balaban J connectivity index is 2.06. The van der Waals surface area contributed by atoms with Gasteiger partial charge in [0.2, 0.25) is 5.43 Å². The molecule has 0 amide bonds. The van der Waals surface area contributed by atoms with E-state index in [0.717, 1.165) is 24.8 Å². The van der Waals surface area contributed by atoms with Crippen LogP contribution in [0.25, 0.3) is 21.9 Å². The van der Waals surface area contributed by atoms with E-state index in [1.54, 1.807) is 6.07 Å². The van der Waals surface area contributed by atoms with Gasteiger partial charge in [-0.3, -0.25) is 4.79 Å². The summed E-state index contributed by atoms with van der Waals surface area (Å²) in [7, 11) is 0. The molecule has 3 aromatic rings. The van der Waals surface area contributed by atoms with E-state index in [2.05, 4.69) is 6.92 Å². The Bertz CT molecular complexity index is 1100. The van der Waals surface area contributed by atoms with Crippen molar-refractivity contribution in [2.24, 2.45) is 0 Å². The number of hydrogen-bond donors (Lipinski definition) is 1. The first-order valence-corrected chi connectivity index (χ1v) is 11.9. The summed E-state index contributed by atoms with van der Waals surface area (Å²) in [4.78, 5) is 25.1. The molecule has 1 atom stereocenters. The van der Waals surface area contributed by atoms with Gasteiger partial charge in [-0.2, -0.15) is 0 Å². The SMILES string of the molecule is CCCCCCCCc1cc([S+]([O-])CC)cc2c(=O)c3cc(C(=O)O)ccc3oc12. The van der Waals surface area contributed by atoms with E-state index in [4.69, 9.17) is 4.42 Å². The smallest absolute Gasteiger partial charge is 0.335 e. The fraction of sp³-hybridized carbons (Fsp3) is 0.417. The van der Waals surface area contributed by atoms with Crippen LogP contribution in [0.1, 0.15) is 68.3 Å². The highest BCUT2D eigenvalue weighted by Gasteiger charge is 2.18. The van der Waals surface area contributed by atoms with Gasteiger partial charge in [0.1, 0.15) is 16.9 Å². The summed E-state index contributed by atoms with van der Waals surface area (Å²) in [5.74, 6) is -0.634. The molecule has 1 aromatic heterocycles. The Kier molecular flexibility index (Phi) is 7.56. The summed E-state index contributed by atoms with van der Waals surface area (Å²) in [6.45, 7) is 4.03. The van der Waals surface area contributed by atoms with Crippen LogP contribution in [0.5, 0.6) is 0 Å². The van der Waals surface area contributed by atoms with E-state index >= 15 is 0 Å². The van der Waals surface area contributed by atoms with Gasteiger partial charge >= 0.3 is 5.97 Å². The second-order valence-corrected chi connectivity index (χ2v) is 9.30. The van der Waals surface area contributed by atoms with Gasteiger partial charge in [-0.1, -0.05) is 39.0 Å². The molecule has 2 aromatic carbocycles. The highest BCUT2D eigenvalue weighted by molar-refractivity contribution is 7.91. The molecule has 0 radical (unpaired) electrons. The van der Waals surface area contributed by atoms with Crippen LogP contribution in [0.2, 0.25) is 0 Å². The normalized spacial score (nSPS) is 12.5. The summed E-state index contributed by atoms with van der Waals surface area (Å²) in [5, 5.41) is 9.84. The molecule has 0 saturated heterocycles. The average molecular weight is 429 g/mol. The molecule has 6 heteroatoms. The van der Waals surface area contributed by atoms with Crippen molar-refractivity contribution in [2.75, 3.05) is 5.75 Å². The average Bonchev–Trinajstić information content (AvgIpc) is 2.75. The molecule has 1 N–H and O–H groups in total. The number of carbonyl (C=O) groups is 1. The van der Waals surface area contributed by atoms with Crippen LogP contribution >= 0.6 is 0 Å². The lowest BCUT2D eigenvalue weighted by atomic mass is 10.0. The first-order valence-electron chi connectivity index (χ1n) is 10.6. The van der Waals surface area contributed by atoms with Crippen molar-refractivity contribution in [2.45, 2.75) is 63.7 Å². The molecule has 1 heterocycles. The number of carboxylic acids is 1. The van der Waals surface area contributed by atoms with Crippen molar-refractivity contribution in [1.29, 1.82) is 0 Å². The summed E-state index contributed by atoms with van der Waals surface area (Å²) >= 11 is -1.20. The Morgan fingerprint density at radius 2 is 1.77 bits per heavy atom. The molecular weight excluding hydrogens is 400 g/mol. The molecule has 0 bridgehead atoms. The lowest BCUT2D eigenvalue weighted by molar-refractivity contribution is 0.0697. The number of unbranched alkanes of at least 4 members (excludes halogenated alkanes) is 5. The number of aromatic carboxylic acids is 1. The van der Waals surface area contributed by atoms with E-state index in [1.165, 1.54) is 43.9 Å². The third kappa shape index (κ3) is 4.87. The summed E-state index contributed by atoms with van der Waals surface area (Å²) in [6.07, 6.45) is 7.67. The number of rotatable bonds is 10. The third-order valence-electron chi connectivity index (χ3n) is 5.39. The Morgan fingerprint density at radius 1 is 1.03 bits per heavy atom. The van der Waals surface area contributed by atoms with E-state index < -0.39 is 17.1 Å². The molecule has 5 nitrogen and oxygen atoms in total. The molecule has 0 aliphatic carbocycles. The lowest BCUT2D eigenvalue weighted by Crippen LogP contribution is -2.09. The van der Waals surface area contributed by atoms with Gasteiger partial charge in [-0.05, 0) is 49.1 Å². The fourth-order valence-corrected chi connectivity index (χ4v) is 4.57. The lowest BCUT2D eigenvalue weighted by Gasteiger charge is -2.13. The zero-order valence-electron chi connectivity index (χ0n) is 17.5. The van der Waals surface area contributed by atoms with Gasteiger partial charge < -0.3 is 14.1 Å². The highest BCUT2D eigenvalue weighted by Crippen LogP contribution is 2.28. The van der Waals surface area contributed by atoms with Crippen LogP contribution in [0.4, 0.5) is 0 Å². The predicted molar refractivity (Wildman–Crippen MR) is 121 cm³/mol.